The zero-order valence-electron chi connectivity index (χ0n) is 14.8. The van der Waals surface area contributed by atoms with Gasteiger partial charge in [0, 0.05) is 40.4 Å². The fraction of sp³-hybridized carbons (Fsp3) is 1.00. The predicted molar refractivity (Wildman–Crippen MR) is 95.4 cm³/mol. The molecule has 1 aliphatic heterocycles. The summed E-state index contributed by atoms with van der Waals surface area (Å²) < 4.78 is 11.9. The molecule has 2 atom stereocenters. The molecule has 0 aliphatic carbocycles. The van der Waals surface area contributed by atoms with E-state index in [2.05, 4.69) is 32.6 Å². The van der Waals surface area contributed by atoms with Crippen molar-refractivity contribution in [2.45, 2.75) is 97.1 Å². The lowest BCUT2D eigenvalue weighted by Gasteiger charge is -2.47. The number of unbranched alkanes of at least 4 members (excludes halogenated alkanes) is 5. The molecule has 0 aromatic rings. The molecule has 0 saturated carbocycles. The lowest BCUT2D eigenvalue weighted by molar-refractivity contribution is 0.0733. The standard InChI is InChI=1S/C18H37NOS/c1-5-7-9-10-11-13-17(12-8-6-2)19-14-15-21(20)16-18(19,3)4/h17H,5-16H2,1-4H3. The fourth-order valence-electron chi connectivity index (χ4n) is 3.61. The van der Waals surface area contributed by atoms with E-state index >= 15 is 0 Å². The minimum Gasteiger partial charge on any atom is -0.293 e. The molecule has 3 heteroatoms. The van der Waals surface area contributed by atoms with Crippen LogP contribution < -0.4 is 0 Å². The minimum absolute atomic E-state index is 0.116. The Bertz CT molecular complexity index is 304. The zero-order valence-corrected chi connectivity index (χ0v) is 15.6. The summed E-state index contributed by atoms with van der Waals surface area (Å²) in [4.78, 5) is 2.68. The largest absolute Gasteiger partial charge is 0.293 e. The molecule has 126 valence electrons. The summed E-state index contributed by atoms with van der Waals surface area (Å²) in [6.45, 7) is 10.2. The van der Waals surface area contributed by atoms with Crippen LogP contribution in [0.3, 0.4) is 0 Å². The van der Waals surface area contributed by atoms with E-state index in [0.717, 1.165) is 18.1 Å². The van der Waals surface area contributed by atoms with E-state index in [4.69, 9.17) is 0 Å². The van der Waals surface area contributed by atoms with Crippen molar-refractivity contribution >= 4 is 10.8 Å². The van der Waals surface area contributed by atoms with Gasteiger partial charge in [-0.3, -0.25) is 9.11 Å². The van der Waals surface area contributed by atoms with Crippen molar-refractivity contribution in [3.05, 3.63) is 0 Å². The second-order valence-corrected chi connectivity index (χ2v) is 8.87. The minimum atomic E-state index is -0.604. The molecule has 1 heterocycles. The molecular formula is C18H37NOS. The average Bonchev–Trinajstić information content (AvgIpc) is 2.42. The molecular weight excluding hydrogens is 278 g/mol. The van der Waals surface area contributed by atoms with Crippen LogP contribution in [0.25, 0.3) is 0 Å². The highest BCUT2D eigenvalue weighted by Gasteiger charge is 2.36. The van der Waals surface area contributed by atoms with Gasteiger partial charge >= 0.3 is 0 Å². The highest BCUT2D eigenvalue weighted by Crippen LogP contribution is 2.28. The highest BCUT2D eigenvalue weighted by atomic mass is 32.2. The van der Waals surface area contributed by atoms with Crippen LogP contribution in [0.1, 0.15) is 85.5 Å². The Labute approximate surface area is 135 Å². The quantitative estimate of drug-likeness (QED) is 0.542. The number of hydrogen-bond donors (Lipinski definition) is 0. The first-order valence-electron chi connectivity index (χ1n) is 9.13. The molecule has 2 nitrogen and oxygen atoms in total. The topological polar surface area (TPSA) is 20.3 Å². The maximum atomic E-state index is 11.9. The van der Waals surface area contributed by atoms with E-state index in [1.54, 1.807) is 0 Å². The summed E-state index contributed by atoms with van der Waals surface area (Å²) in [5, 5.41) is 0. The van der Waals surface area contributed by atoms with Crippen LogP contribution in [-0.4, -0.2) is 38.7 Å². The molecule has 21 heavy (non-hydrogen) atoms. The average molecular weight is 316 g/mol. The first-order chi connectivity index (χ1) is 10.0. The summed E-state index contributed by atoms with van der Waals surface area (Å²) in [7, 11) is -0.604. The highest BCUT2D eigenvalue weighted by molar-refractivity contribution is 7.85. The smallest absolute Gasteiger partial charge is 0.0414 e. The van der Waals surface area contributed by atoms with Gasteiger partial charge in [-0.2, -0.15) is 0 Å². The van der Waals surface area contributed by atoms with Crippen molar-refractivity contribution < 1.29 is 4.21 Å². The lowest BCUT2D eigenvalue weighted by atomic mass is 9.95. The molecule has 0 aromatic heterocycles. The van der Waals surface area contributed by atoms with Crippen molar-refractivity contribution in [3.63, 3.8) is 0 Å². The molecule has 0 spiro atoms. The third-order valence-electron chi connectivity index (χ3n) is 4.82. The molecule has 0 bridgehead atoms. The van der Waals surface area contributed by atoms with Crippen molar-refractivity contribution in [3.8, 4) is 0 Å². The first-order valence-corrected chi connectivity index (χ1v) is 10.6. The maximum Gasteiger partial charge on any atom is 0.0414 e. The van der Waals surface area contributed by atoms with Crippen molar-refractivity contribution in [1.82, 2.24) is 4.90 Å². The Morgan fingerprint density at radius 3 is 2.24 bits per heavy atom. The molecule has 0 amide bonds. The monoisotopic (exact) mass is 315 g/mol. The van der Waals surface area contributed by atoms with E-state index in [-0.39, 0.29) is 5.54 Å². The van der Waals surface area contributed by atoms with Crippen molar-refractivity contribution in [2.75, 3.05) is 18.1 Å². The van der Waals surface area contributed by atoms with Gasteiger partial charge in [0.2, 0.25) is 0 Å². The SMILES string of the molecule is CCCCCCCC(CCCC)N1CCS(=O)CC1(C)C. The van der Waals surface area contributed by atoms with E-state index in [0.29, 0.717) is 6.04 Å². The molecule has 0 aromatic carbocycles. The summed E-state index contributed by atoms with van der Waals surface area (Å²) in [6, 6.07) is 0.707. The number of rotatable bonds is 10. The molecule has 0 N–H and O–H groups in total. The van der Waals surface area contributed by atoms with Crippen LogP contribution in [0, 0.1) is 0 Å². The summed E-state index contributed by atoms with van der Waals surface area (Å²) >= 11 is 0. The van der Waals surface area contributed by atoms with Crippen LogP contribution in [-0.2, 0) is 10.8 Å². The zero-order chi connectivity index (χ0) is 15.7. The van der Waals surface area contributed by atoms with Crippen molar-refractivity contribution in [2.24, 2.45) is 0 Å². The van der Waals surface area contributed by atoms with Crippen LogP contribution in [0.4, 0.5) is 0 Å². The van der Waals surface area contributed by atoms with E-state index in [1.165, 1.54) is 57.8 Å². The van der Waals surface area contributed by atoms with E-state index in [9.17, 15) is 4.21 Å². The second kappa shape index (κ2) is 9.99. The van der Waals surface area contributed by atoms with Gasteiger partial charge in [-0.1, -0.05) is 58.8 Å². The fourth-order valence-corrected chi connectivity index (χ4v) is 5.11. The predicted octanol–water partition coefficient (Wildman–Crippen LogP) is 4.75. The van der Waals surface area contributed by atoms with Gasteiger partial charge in [0.15, 0.2) is 0 Å². The third-order valence-corrected chi connectivity index (χ3v) is 6.49. The van der Waals surface area contributed by atoms with Crippen molar-refractivity contribution in [1.29, 1.82) is 0 Å². The van der Waals surface area contributed by atoms with Crippen LogP contribution >= 0.6 is 0 Å². The molecule has 1 aliphatic rings. The Morgan fingerprint density at radius 2 is 1.62 bits per heavy atom. The van der Waals surface area contributed by atoms with Gasteiger partial charge in [0.25, 0.3) is 0 Å². The van der Waals surface area contributed by atoms with Gasteiger partial charge in [-0.05, 0) is 26.7 Å². The summed E-state index contributed by atoms with van der Waals surface area (Å²) in [5.74, 6) is 1.73. The second-order valence-electron chi connectivity index (χ2n) is 7.29. The van der Waals surface area contributed by atoms with Gasteiger partial charge in [0.05, 0.1) is 0 Å². The Morgan fingerprint density at radius 1 is 1.00 bits per heavy atom. The first kappa shape index (κ1) is 19.2. The van der Waals surface area contributed by atoms with E-state index < -0.39 is 10.8 Å². The molecule has 1 saturated heterocycles. The summed E-state index contributed by atoms with van der Waals surface area (Å²) in [5.41, 5.74) is 0.116. The summed E-state index contributed by atoms with van der Waals surface area (Å²) in [6.07, 6.45) is 12.1. The molecule has 1 fully saturated rings. The van der Waals surface area contributed by atoms with Gasteiger partial charge in [-0.15, -0.1) is 0 Å². The normalized spacial score (nSPS) is 24.1. The van der Waals surface area contributed by atoms with Crippen LogP contribution in [0.15, 0.2) is 0 Å². The Kier molecular flexibility index (Phi) is 9.12. The lowest BCUT2D eigenvalue weighted by Crippen LogP contribution is -2.57. The molecule has 1 rings (SSSR count). The third kappa shape index (κ3) is 6.81. The van der Waals surface area contributed by atoms with E-state index in [1.807, 2.05) is 0 Å². The number of hydrogen-bond acceptors (Lipinski definition) is 2. The van der Waals surface area contributed by atoms with Gasteiger partial charge < -0.3 is 0 Å². The van der Waals surface area contributed by atoms with Crippen LogP contribution in [0.5, 0.6) is 0 Å². The molecule has 2 unspecified atom stereocenters. The number of nitrogens with zero attached hydrogens (tertiary/aromatic N) is 1. The van der Waals surface area contributed by atoms with Gasteiger partial charge in [-0.25, -0.2) is 0 Å². The van der Waals surface area contributed by atoms with Crippen LogP contribution in [0.2, 0.25) is 0 Å². The Balaban J connectivity index is 2.52. The van der Waals surface area contributed by atoms with Gasteiger partial charge in [0.1, 0.15) is 0 Å². The Hall–Kier alpha value is 0.110. The maximum absolute atomic E-state index is 11.9. The molecule has 0 radical (unpaired) electrons.